The number of hydrogen-bond donors (Lipinski definition) is 0. The Hall–Kier alpha value is -2.71. The minimum atomic E-state index is 0.0897. The van der Waals surface area contributed by atoms with Gasteiger partial charge in [-0.15, -0.1) is 0 Å². The van der Waals surface area contributed by atoms with Crippen LogP contribution < -0.4 is 4.74 Å². The molecule has 1 saturated heterocycles. The largest absolute Gasteiger partial charge is 0.497 e. The molecule has 1 aliphatic rings. The van der Waals surface area contributed by atoms with Crippen molar-refractivity contribution in [2.75, 3.05) is 26.9 Å². The zero-order valence-electron chi connectivity index (χ0n) is 16.7. The van der Waals surface area contributed by atoms with Crippen molar-refractivity contribution in [3.8, 4) is 11.4 Å². The Morgan fingerprint density at radius 1 is 1.25 bits per heavy atom. The molecule has 1 aromatic carbocycles. The summed E-state index contributed by atoms with van der Waals surface area (Å²) >= 11 is 0. The van der Waals surface area contributed by atoms with Gasteiger partial charge in [-0.2, -0.15) is 10.1 Å². The summed E-state index contributed by atoms with van der Waals surface area (Å²) in [6, 6.07) is 8.01. The fraction of sp³-hybridized carbons (Fsp3) is 0.450. The second kappa shape index (κ2) is 7.73. The van der Waals surface area contributed by atoms with Gasteiger partial charge in [-0.25, -0.2) is 4.68 Å². The summed E-state index contributed by atoms with van der Waals surface area (Å²) in [4.78, 5) is 6.69. The minimum absolute atomic E-state index is 0.0897. The van der Waals surface area contributed by atoms with Gasteiger partial charge < -0.3 is 14.0 Å². The van der Waals surface area contributed by atoms with Gasteiger partial charge in [0, 0.05) is 30.8 Å². The molecule has 3 heterocycles. The third kappa shape index (κ3) is 3.53. The molecule has 2 aromatic heterocycles. The third-order valence-electron chi connectivity index (χ3n) is 5.13. The van der Waals surface area contributed by atoms with Crippen molar-refractivity contribution in [2.45, 2.75) is 33.4 Å². The first-order chi connectivity index (χ1) is 13.6. The normalized spacial score (nSPS) is 17.8. The number of aryl methyl sites for hydroxylation is 2. The van der Waals surface area contributed by atoms with E-state index in [2.05, 4.69) is 22.0 Å². The van der Waals surface area contributed by atoms with Gasteiger partial charge in [0.25, 0.3) is 0 Å². The maximum Gasteiger partial charge on any atom is 0.223 e. The molecular weight excluding hydrogens is 358 g/mol. The monoisotopic (exact) mass is 383 g/mol. The van der Waals surface area contributed by atoms with Crippen molar-refractivity contribution in [1.82, 2.24) is 24.8 Å². The van der Waals surface area contributed by atoms with Crippen molar-refractivity contribution in [3.63, 3.8) is 0 Å². The number of methoxy groups -OCH3 is 1. The van der Waals surface area contributed by atoms with Crippen molar-refractivity contribution >= 4 is 0 Å². The first-order valence-electron chi connectivity index (χ1n) is 9.38. The fourth-order valence-electron chi connectivity index (χ4n) is 3.81. The van der Waals surface area contributed by atoms with E-state index in [9.17, 15) is 0 Å². The molecule has 0 N–H and O–H groups in total. The summed E-state index contributed by atoms with van der Waals surface area (Å²) in [5, 5.41) is 8.86. The van der Waals surface area contributed by atoms with Gasteiger partial charge in [0.2, 0.25) is 5.89 Å². The van der Waals surface area contributed by atoms with Crippen LogP contribution in [-0.4, -0.2) is 51.7 Å². The first-order valence-corrected chi connectivity index (χ1v) is 9.38. The van der Waals surface area contributed by atoms with Crippen LogP contribution in [0.2, 0.25) is 0 Å². The molecule has 0 spiro atoms. The average Bonchev–Trinajstić information content (AvgIpc) is 3.24. The maximum absolute atomic E-state index is 5.81. The number of rotatable bonds is 5. The van der Waals surface area contributed by atoms with Crippen LogP contribution in [0.1, 0.15) is 34.7 Å². The van der Waals surface area contributed by atoms with E-state index in [0.717, 1.165) is 29.4 Å². The summed E-state index contributed by atoms with van der Waals surface area (Å²) in [6.45, 7) is 8.68. The predicted molar refractivity (Wildman–Crippen MR) is 103 cm³/mol. The summed E-state index contributed by atoms with van der Waals surface area (Å²) in [7, 11) is 1.67. The highest BCUT2D eigenvalue weighted by Gasteiger charge is 2.31. The van der Waals surface area contributed by atoms with E-state index in [1.54, 1.807) is 14.0 Å². The van der Waals surface area contributed by atoms with E-state index in [1.807, 2.05) is 35.9 Å². The fourth-order valence-corrected chi connectivity index (χ4v) is 3.81. The van der Waals surface area contributed by atoms with Crippen LogP contribution in [0.15, 0.2) is 28.8 Å². The number of ether oxygens (including phenoxy) is 2. The van der Waals surface area contributed by atoms with Crippen LogP contribution in [0.4, 0.5) is 0 Å². The number of nitrogens with zero attached hydrogens (tertiary/aromatic N) is 5. The second-order valence-corrected chi connectivity index (χ2v) is 6.99. The third-order valence-corrected chi connectivity index (χ3v) is 5.13. The molecule has 1 atom stereocenters. The van der Waals surface area contributed by atoms with Crippen LogP contribution in [0.3, 0.4) is 0 Å². The highest BCUT2D eigenvalue weighted by atomic mass is 16.5. The molecule has 8 heteroatoms. The van der Waals surface area contributed by atoms with Crippen LogP contribution in [0, 0.1) is 20.8 Å². The van der Waals surface area contributed by atoms with Gasteiger partial charge >= 0.3 is 0 Å². The summed E-state index contributed by atoms with van der Waals surface area (Å²) in [5.74, 6) is 2.08. The molecule has 28 heavy (non-hydrogen) atoms. The molecule has 0 aliphatic carbocycles. The Morgan fingerprint density at radius 3 is 2.86 bits per heavy atom. The van der Waals surface area contributed by atoms with Crippen molar-refractivity contribution in [3.05, 3.63) is 52.9 Å². The topological polar surface area (TPSA) is 78.4 Å². The summed E-state index contributed by atoms with van der Waals surface area (Å²) < 4.78 is 18.3. The van der Waals surface area contributed by atoms with Gasteiger partial charge in [-0.1, -0.05) is 11.2 Å². The minimum Gasteiger partial charge on any atom is -0.497 e. The molecular formula is C20H25N5O3. The molecule has 0 amide bonds. The zero-order valence-corrected chi connectivity index (χ0v) is 16.7. The Morgan fingerprint density at radius 2 is 2.11 bits per heavy atom. The zero-order chi connectivity index (χ0) is 19.7. The Balaban J connectivity index is 1.67. The molecule has 8 nitrogen and oxygen atoms in total. The molecule has 0 bridgehead atoms. The number of benzene rings is 1. The van der Waals surface area contributed by atoms with E-state index in [0.29, 0.717) is 31.5 Å². The van der Waals surface area contributed by atoms with Gasteiger partial charge in [0.05, 0.1) is 44.3 Å². The van der Waals surface area contributed by atoms with Gasteiger partial charge in [-0.05, 0) is 26.0 Å². The first kappa shape index (κ1) is 18.6. The lowest BCUT2D eigenvalue weighted by atomic mass is 10.0. The molecule has 148 valence electrons. The molecule has 3 aromatic rings. The highest BCUT2D eigenvalue weighted by molar-refractivity contribution is 5.42. The van der Waals surface area contributed by atoms with E-state index in [1.165, 1.54) is 5.56 Å². The lowest BCUT2D eigenvalue weighted by molar-refractivity contribution is -0.0145. The van der Waals surface area contributed by atoms with E-state index >= 15 is 0 Å². The van der Waals surface area contributed by atoms with Gasteiger partial charge in [0.15, 0.2) is 5.82 Å². The SMILES string of the molecule is COc1cccc(-n2nc(C)c([C@@H]3COCCN3Cc3noc(C)n3)c2C)c1. The average molecular weight is 383 g/mol. The summed E-state index contributed by atoms with van der Waals surface area (Å²) in [6.07, 6.45) is 0. The second-order valence-electron chi connectivity index (χ2n) is 6.99. The number of hydrogen-bond acceptors (Lipinski definition) is 7. The predicted octanol–water partition coefficient (Wildman–Crippen LogP) is 2.76. The maximum atomic E-state index is 5.81. The molecule has 0 unspecified atom stereocenters. The smallest absolute Gasteiger partial charge is 0.223 e. The molecule has 0 radical (unpaired) electrons. The Labute approximate surface area is 164 Å². The van der Waals surface area contributed by atoms with Crippen LogP contribution in [0.25, 0.3) is 5.69 Å². The van der Waals surface area contributed by atoms with Gasteiger partial charge in [-0.3, -0.25) is 4.90 Å². The van der Waals surface area contributed by atoms with E-state index < -0.39 is 0 Å². The van der Waals surface area contributed by atoms with E-state index in [-0.39, 0.29) is 6.04 Å². The number of aromatic nitrogens is 4. The lowest BCUT2D eigenvalue weighted by Crippen LogP contribution is -2.39. The lowest BCUT2D eigenvalue weighted by Gasteiger charge is -2.35. The molecule has 4 rings (SSSR count). The molecule has 1 fully saturated rings. The molecule has 1 aliphatic heterocycles. The molecule has 0 saturated carbocycles. The van der Waals surface area contributed by atoms with E-state index in [4.69, 9.17) is 19.1 Å². The Bertz CT molecular complexity index is 965. The summed E-state index contributed by atoms with van der Waals surface area (Å²) in [5.41, 5.74) is 4.24. The number of morpholine rings is 1. The Kier molecular flexibility index (Phi) is 5.15. The highest BCUT2D eigenvalue weighted by Crippen LogP contribution is 2.32. The van der Waals surface area contributed by atoms with Crippen molar-refractivity contribution in [1.29, 1.82) is 0 Å². The van der Waals surface area contributed by atoms with Crippen LogP contribution in [0.5, 0.6) is 5.75 Å². The quantitative estimate of drug-likeness (QED) is 0.670. The van der Waals surface area contributed by atoms with Crippen molar-refractivity contribution in [2.24, 2.45) is 0 Å². The van der Waals surface area contributed by atoms with Crippen LogP contribution >= 0.6 is 0 Å². The van der Waals surface area contributed by atoms with Crippen LogP contribution in [-0.2, 0) is 11.3 Å². The van der Waals surface area contributed by atoms with Crippen molar-refractivity contribution < 1.29 is 14.0 Å². The van der Waals surface area contributed by atoms with Gasteiger partial charge in [0.1, 0.15) is 5.75 Å². The standard InChI is InChI=1S/C20H25N5O3/c1-13-20(14(2)25(22-13)16-6-5-7-17(10-16)26-4)18-12-27-9-8-24(18)11-19-21-15(3)28-23-19/h5-7,10,18H,8-9,11-12H2,1-4H3/t18-/m0/s1.